The van der Waals surface area contributed by atoms with Crippen LogP contribution in [0.3, 0.4) is 0 Å². The molecule has 0 aliphatic heterocycles. The van der Waals surface area contributed by atoms with Crippen LogP contribution in [0.2, 0.25) is 0 Å². The molecule has 1 aliphatic rings. The van der Waals surface area contributed by atoms with Gasteiger partial charge in [-0.15, -0.1) is 0 Å². The summed E-state index contributed by atoms with van der Waals surface area (Å²) < 4.78 is 5.46. The predicted octanol–water partition coefficient (Wildman–Crippen LogP) is 3.14. The maximum absolute atomic E-state index is 12.4. The van der Waals surface area contributed by atoms with Crippen LogP contribution in [0.5, 0.6) is 5.75 Å². The molecule has 1 N–H and O–H groups in total. The number of carbonyl (C=O) groups excluding carboxylic acids is 1. The maximum Gasteiger partial charge on any atom is 0.227 e. The molecule has 0 saturated heterocycles. The predicted molar refractivity (Wildman–Crippen MR) is 85.7 cm³/mol. The van der Waals surface area contributed by atoms with Crippen molar-refractivity contribution >= 4 is 11.6 Å². The minimum absolute atomic E-state index is 0.113. The van der Waals surface area contributed by atoms with E-state index in [0.29, 0.717) is 12.6 Å². The normalized spacial score (nSPS) is 22.1. The van der Waals surface area contributed by atoms with E-state index in [1.54, 1.807) is 0 Å². The van der Waals surface area contributed by atoms with Crippen LogP contribution in [-0.2, 0) is 4.79 Å². The Kier molecular flexibility index (Phi) is 5.62. The first kappa shape index (κ1) is 15.8. The van der Waals surface area contributed by atoms with E-state index in [2.05, 4.69) is 24.3 Å². The number of anilines is 1. The lowest BCUT2D eigenvalue weighted by Crippen LogP contribution is -2.37. The van der Waals surface area contributed by atoms with Gasteiger partial charge >= 0.3 is 0 Å². The van der Waals surface area contributed by atoms with Crippen LogP contribution in [0.1, 0.15) is 32.6 Å². The van der Waals surface area contributed by atoms with Crippen LogP contribution in [0.25, 0.3) is 0 Å². The molecule has 1 amide bonds. The third kappa shape index (κ3) is 4.46. The molecule has 2 atom stereocenters. The first-order chi connectivity index (χ1) is 10.1. The summed E-state index contributed by atoms with van der Waals surface area (Å²) in [6.07, 6.45) is 4.25. The van der Waals surface area contributed by atoms with Crippen molar-refractivity contribution in [3.63, 3.8) is 0 Å². The van der Waals surface area contributed by atoms with Gasteiger partial charge in [-0.2, -0.15) is 0 Å². The molecule has 0 bridgehead atoms. The molecule has 4 nitrogen and oxygen atoms in total. The zero-order valence-corrected chi connectivity index (χ0v) is 13.3. The Bertz CT molecular complexity index is 474. The van der Waals surface area contributed by atoms with Gasteiger partial charge in [0.1, 0.15) is 5.75 Å². The third-order valence-electron chi connectivity index (χ3n) is 4.16. The number of benzene rings is 1. The highest BCUT2D eigenvalue weighted by atomic mass is 16.5. The summed E-state index contributed by atoms with van der Waals surface area (Å²) in [7, 11) is 4.19. The average Bonchev–Trinajstić information content (AvgIpc) is 2.48. The molecule has 0 unspecified atom stereocenters. The molecular formula is C17H26N2O2. The number of hydrogen-bond donors (Lipinski definition) is 1. The van der Waals surface area contributed by atoms with Gasteiger partial charge in [-0.05, 0) is 52.4 Å². The monoisotopic (exact) mass is 290 g/mol. The van der Waals surface area contributed by atoms with E-state index in [9.17, 15) is 4.79 Å². The van der Waals surface area contributed by atoms with Crippen LogP contribution < -0.4 is 10.1 Å². The van der Waals surface area contributed by atoms with Crippen molar-refractivity contribution in [3.8, 4) is 5.75 Å². The van der Waals surface area contributed by atoms with Crippen LogP contribution in [0, 0.1) is 5.92 Å². The molecule has 1 aromatic carbocycles. The Morgan fingerprint density at radius 1 is 1.38 bits per heavy atom. The zero-order chi connectivity index (χ0) is 15.2. The van der Waals surface area contributed by atoms with Crippen molar-refractivity contribution in [2.45, 2.75) is 38.6 Å². The molecule has 1 aliphatic carbocycles. The van der Waals surface area contributed by atoms with Gasteiger partial charge in [-0.3, -0.25) is 4.79 Å². The minimum atomic E-state index is 0.113. The third-order valence-corrected chi connectivity index (χ3v) is 4.16. The second-order valence-corrected chi connectivity index (χ2v) is 5.93. The standard InChI is InChI=1S/C17H26N2O2/c1-4-21-16-10-6-8-14(12-16)18-17(20)13-7-5-9-15(11-13)19(2)3/h6,8,10,12-13,15H,4-5,7,9,11H2,1-3H3,(H,18,20)/t13-,15-/m0/s1. The summed E-state index contributed by atoms with van der Waals surface area (Å²) in [6.45, 7) is 2.58. The fourth-order valence-electron chi connectivity index (χ4n) is 2.95. The molecule has 0 radical (unpaired) electrons. The zero-order valence-electron chi connectivity index (χ0n) is 13.3. The Labute approximate surface area is 127 Å². The number of hydrogen-bond acceptors (Lipinski definition) is 3. The van der Waals surface area contributed by atoms with E-state index in [-0.39, 0.29) is 11.8 Å². The van der Waals surface area contributed by atoms with Gasteiger partial charge in [0.25, 0.3) is 0 Å². The molecule has 2 rings (SSSR count). The highest BCUT2D eigenvalue weighted by Gasteiger charge is 2.28. The van der Waals surface area contributed by atoms with Crippen molar-refractivity contribution in [1.82, 2.24) is 4.90 Å². The summed E-state index contributed by atoms with van der Waals surface area (Å²) >= 11 is 0. The van der Waals surface area contributed by atoms with E-state index in [0.717, 1.165) is 30.7 Å². The lowest BCUT2D eigenvalue weighted by Gasteiger charge is -2.32. The SMILES string of the molecule is CCOc1cccc(NC(=O)[C@H]2CCC[C@H](N(C)C)C2)c1. The van der Waals surface area contributed by atoms with Crippen molar-refractivity contribution in [2.24, 2.45) is 5.92 Å². The van der Waals surface area contributed by atoms with Gasteiger partial charge in [0.15, 0.2) is 0 Å². The molecule has 0 heterocycles. The van der Waals surface area contributed by atoms with E-state index < -0.39 is 0 Å². The lowest BCUT2D eigenvalue weighted by atomic mass is 9.84. The first-order valence-corrected chi connectivity index (χ1v) is 7.80. The number of rotatable bonds is 5. The van der Waals surface area contributed by atoms with Crippen LogP contribution >= 0.6 is 0 Å². The Morgan fingerprint density at radius 3 is 2.90 bits per heavy atom. The maximum atomic E-state index is 12.4. The fraction of sp³-hybridized carbons (Fsp3) is 0.588. The molecule has 0 spiro atoms. The first-order valence-electron chi connectivity index (χ1n) is 7.80. The van der Waals surface area contributed by atoms with Crippen LogP contribution in [-0.4, -0.2) is 37.6 Å². The van der Waals surface area contributed by atoms with E-state index in [4.69, 9.17) is 4.74 Å². The van der Waals surface area contributed by atoms with Gasteiger partial charge in [-0.25, -0.2) is 0 Å². The fourth-order valence-corrected chi connectivity index (χ4v) is 2.95. The molecular weight excluding hydrogens is 264 g/mol. The molecule has 1 aromatic rings. The summed E-state index contributed by atoms with van der Waals surface area (Å²) in [5.41, 5.74) is 0.818. The van der Waals surface area contributed by atoms with Gasteiger partial charge in [0.2, 0.25) is 5.91 Å². The van der Waals surface area contributed by atoms with Crippen molar-refractivity contribution < 1.29 is 9.53 Å². The Balaban J connectivity index is 1.96. The number of nitrogens with zero attached hydrogens (tertiary/aromatic N) is 1. The second kappa shape index (κ2) is 7.46. The van der Waals surface area contributed by atoms with Crippen LogP contribution in [0.4, 0.5) is 5.69 Å². The molecule has 1 fully saturated rings. The van der Waals surface area contributed by atoms with E-state index in [1.807, 2.05) is 31.2 Å². The molecule has 1 saturated carbocycles. The van der Waals surface area contributed by atoms with Gasteiger partial charge in [0, 0.05) is 23.7 Å². The van der Waals surface area contributed by atoms with Gasteiger partial charge < -0.3 is 15.0 Å². The summed E-state index contributed by atoms with van der Waals surface area (Å²) in [4.78, 5) is 14.7. The average molecular weight is 290 g/mol. The van der Waals surface area contributed by atoms with E-state index in [1.165, 1.54) is 6.42 Å². The number of carbonyl (C=O) groups is 1. The summed E-state index contributed by atoms with van der Waals surface area (Å²) in [6, 6.07) is 8.12. The van der Waals surface area contributed by atoms with Crippen molar-refractivity contribution in [1.29, 1.82) is 0 Å². The highest BCUT2D eigenvalue weighted by Crippen LogP contribution is 2.28. The number of nitrogens with one attached hydrogen (secondary N) is 1. The summed E-state index contributed by atoms with van der Waals surface area (Å²) in [5, 5.41) is 3.03. The highest BCUT2D eigenvalue weighted by molar-refractivity contribution is 5.92. The smallest absolute Gasteiger partial charge is 0.227 e. The van der Waals surface area contributed by atoms with E-state index >= 15 is 0 Å². The lowest BCUT2D eigenvalue weighted by molar-refractivity contribution is -0.121. The second-order valence-electron chi connectivity index (χ2n) is 5.93. The Hall–Kier alpha value is -1.55. The quantitative estimate of drug-likeness (QED) is 0.906. The van der Waals surface area contributed by atoms with Crippen molar-refractivity contribution in [2.75, 3.05) is 26.0 Å². The topological polar surface area (TPSA) is 41.6 Å². The van der Waals surface area contributed by atoms with Crippen molar-refractivity contribution in [3.05, 3.63) is 24.3 Å². The minimum Gasteiger partial charge on any atom is -0.494 e. The van der Waals surface area contributed by atoms with Crippen LogP contribution in [0.15, 0.2) is 24.3 Å². The molecule has 21 heavy (non-hydrogen) atoms. The number of ether oxygens (including phenoxy) is 1. The largest absolute Gasteiger partial charge is 0.494 e. The van der Waals surface area contributed by atoms with Gasteiger partial charge in [0.05, 0.1) is 6.61 Å². The molecule has 116 valence electrons. The summed E-state index contributed by atoms with van der Waals surface area (Å²) in [5.74, 6) is 1.04. The Morgan fingerprint density at radius 2 is 2.19 bits per heavy atom. The number of amides is 1. The molecule has 0 aromatic heterocycles. The van der Waals surface area contributed by atoms with Gasteiger partial charge in [-0.1, -0.05) is 12.5 Å². The molecule has 4 heteroatoms.